The largest absolute Gasteiger partial charge is 0.360 e. The molecule has 4 rings (SSSR count). The first kappa shape index (κ1) is 16.8. The second kappa shape index (κ2) is 6.24. The number of aromatic nitrogens is 1. The van der Waals surface area contributed by atoms with Crippen molar-refractivity contribution in [1.82, 2.24) is 10.5 Å². The molecule has 0 unspecified atom stereocenters. The molecular weight excluding hydrogens is 318 g/mol. The summed E-state index contributed by atoms with van der Waals surface area (Å²) in [6.45, 7) is 1.85. The van der Waals surface area contributed by atoms with Crippen molar-refractivity contribution >= 4 is 11.7 Å². The molecule has 3 fully saturated rings. The Morgan fingerprint density at radius 1 is 1.36 bits per heavy atom. The van der Waals surface area contributed by atoms with Crippen molar-refractivity contribution in [3.8, 4) is 0 Å². The van der Waals surface area contributed by atoms with Crippen LogP contribution >= 0.6 is 0 Å². The maximum atomic E-state index is 12.3. The molecule has 0 saturated heterocycles. The van der Waals surface area contributed by atoms with Crippen LogP contribution in [0.15, 0.2) is 10.6 Å². The Bertz CT molecular complexity index is 663. The number of hydrogen-bond donors (Lipinski definition) is 2. The number of rotatable bonds is 7. The van der Waals surface area contributed by atoms with Crippen LogP contribution in [0.3, 0.4) is 0 Å². The van der Waals surface area contributed by atoms with Crippen LogP contribution in [-0.4, -0.2) is 28.9 Å². The molecule has 1 atom stereocenters. The SMILES string of the molecule is C[C@@H](N)CC(=O)NC1CC2(CC(CC(=O)c3cc(C4CC4)on3)C2)C1. The third kappa shape index (κ3) is 3.64. The number of ketones is 1. The zero-order valence-corrected chi connectivity index (χ0v) is 14.8. The number of carbonyl (C=O) groups is 2. The molecule has 25 heavy (non-hydrogen) atoms. The van der Waals surface area contributed by atoms with Gasteiger partial charge in [-0.3, -0.25) is 9.59 Å². The average Bonchev–Trinajstić information content (AvgIpc) is 3.19. The fraction of sp³-hybridized carbons (Fsp3) is 0.737. The predicted molar refractivity (Wildman–Crippen MR) is 92.0 cm³/mol. The minimum absolute atomic E-state index is 0.0541. The van der Waals surface area contributed by atoms with Gasteiger partial charge in [-0.1, -0.05) is 5.16 Å². The molecule has 1 heterocycles. The lowest BCUT2D eigenvalue weighted by Crippen LogP contribution is -2.56. The Hall–Kier alpha value is -1.69. The van der Waals surface area contributed by atoms with E-state index in [0.717, 1.165) is 44.3 Å². The molecule has 1 aromatic rings. The van der Waals surface area contributed by atoms with E-state index < -0.39 is 0 Å². The second-order valence-corrected chi connectivity index (χ2v) is 8.64. The fourth-order valence-electron chi connectivity index (χ4n) is 4.66. The van der Waals surface area contributed by atoms with E-state index in [1.54, 1.807) is 0 Å². The van der Waals surface area contributed by atoms with Crippen LogP contribution in [-0.2, 0) is 4.79 Å². The monoisotopic (exact) mass is 345 g/mol. The third-order valence-electron chi connectivity index (χ3n) is 5.94. The van der Waals surface area contributed by atoms with Crippen molar-refractivity contribution in [1.29, 1.82) is 0 Å². The van der Waals surface area contributed by atoms with Crippen molar-refractivity contribution in [2.75, 3.05) is 0 Å². The molecule has 136 valence electrons. The smallest absolute Gasteiger partial charge is 0.221 e. The molecule has 0 aromatic carbocycles. The Labute approximate surface area is 147 Å². The summed E-state index contributed by atoms with van der Waals surface area (Å²) in [4.78, 5) is 24.1. The summed E-state index contributed by atoms with van der Waals surface area (Å²) in [6, 6.07) is 2.03. The molecule has 6 heteroatoms. The van der Waals surface area contributed by atoms with Gasteiger partial charge in [0.15, 0.2) is 5.78 Å². The summed E-state index contributed by atoms with van der Waals surface area (Å²) in [5.41, 5.74) is 6.51. The van der Waals surface area contributed by atoms with E-state index in [-0.39, 0.29) is 17.7 Å². The van der Waals surface area contributed by atoms with Gasteiger partial charge in [0, 0.05) is 36.9 Å². The first-order chi connectivity index (χ1) is 11.9. The molecule has 0 radical (unpaired) electrons. The van der Waals surface area contributed by atoms with Gasteiger partial charge < -0.3 is 15.6 Å². The molecule has 3 aliphatic carbocycles. The molecule has 1 spiro atoms. The van der Waals surface area contributed by atoms with Gasteiger partial charge in [-0.2, -0.15) is 0 Å². The Morgan fingerprint density at radius 2 is 2.08 bits per heavy atom. The molecule has 0 bridgehead atoms. The van der Waals surface area contributed by atoms with Crippen molar-refractivity contribution in [3.05, 3.63) is 17.5 Å². The number of amides is 1. The summed E-state index contributed by atoms with van der Waals surface area (Å²) in [5, 5.41) is 7.01. The zero-order chi connectivity index (χ0) is 17.6. The molecule has 1 aromatic heterocycles. The normalized spacial score (nSPS) is 31.9. The van der Waals surface area contributed by atoms with E-state index in [1.807, 2.05) is 13.0 Å². The minimum Gasteiger partial charge on any atom is -0.360 e. The van der Waals surface area contributed by atoms with E-state index in [0.29, 0.717) is 41.8 Å². The number of Topliss-reactive ketones (excluding diaryl/α,β-unsaturated/α-hetero) is 1. The second-order valence-electron chi connectivity index (χ2n) is 8.64. The fourth-order valence-corrected chi connectivity index (χ4v) is 4.66. The number of nitrogens with one attached hydrogen (secondary N) is 1. The topological polar surface area (TPSA) is 98.2 Å². The van der Waals surface area contributed by atoms with Crippen molar-refractivity contribution in [3.63, 3.8) is 0 Å². The van der Waals surface area contributed by atoms with Crippen LogP contribution in [0.2, 0.25) is 0 Å². The summed E-state index contributed by atoms with van der Waals surface area (Å²) in [7, 11) is 0. The number of nitrogens with two attached hydrogens (primary N) is 1. The lowest BCUT2D eigenvalue weighted by atomic mass is 9.49. The molecule has 0 aliphatic heterocycles. The first-order valence-electron chi connectivity index (χ1n) is 9.47. The van der Waals surface area contributed by atoms with Crippen LogP contribution in [0.4, 0.5) is 0 Å². The minimum atomic E-state index is -0.0925. The van der Waals surface area contributed by atoms with Crippen molar-refractivity contribution in [2.45, 2.75) is 76.3 Å². The van der Waals surface area contributed by atoms with Gasteiger partial charge >= 0.3 is 0 Å². The van der Waals surface area contributed by atoms with Crippen LogP contribution in [0.1, 0.15) is 80.5 Å². The van der Waals surface area contributed by atoms with E-state index in [2.05, 4.69) is 10.5 Å². The molecule has 3 N–H and O–H groups in total. The average molecular weight is 345 g/mol. The maximum absolute atomic E-state index is 12.3. The third-order valence-corrected chi connectivity index (χ3v) is 5.94. The Balaban J connectivity index is 1.18. The maximum Gasteiger partial charge on any atom is 0.221 e. The van der Waals surface area contributed by atoms with Crippen LogP contribution < -0.4 is 11.1 Å². The van der Waals surface area contributed by atoms with Gasteiger partial charge in [0.1, 0.15) is 11.5 Å². The highest BCUT2D eigenvalue weighted by molar-refractivity contribution is 5.94. The van der Waals surface area contributed by atoms with Crippen LogP contribution in [0.25, 0.3) is 0 Å². The van der Waals surface area contributed by atoms with E-state index in [1.165, 1.54) is 0 Å². The molecular formula is C19H27N3O3. The van der Waals surface area contributed by atoms with Gasteiger partial charge in [0.05, 0.1) is 0 Å². The molecule has 1 amide bonds. The number of carbonyl (C=O) groups excluding carboxylic acids is 2. The van der Waals surface area contributed by atoms with Crippen molar-refractivity contribution in [2.24, 2.45) is 17.1 Å². The Morgan fingerprint density at radius 3 is 2.72 bits per heavy atom. The molecule has 6 nitrogen and oxygen atoms in total. The standard InChI is InChI=1S/C19H27N3O3/c1-11(20)4-18(24)21-14-9-19(10-14)7-12(8-19)5-16(23)15-6-17(25-22-15)13-2-3-13/h6,11-14H,2-5,7-10,20H2,1H3,(H,21,24)/t11-,12?,14?,19?/m1/s1. The van der Waals surface area contributed by atoms with Gasteiger partial charge in [-0.05, 0) is 56.8 Å². The lowest BCUT2D eigenvalue weighted by molar-refractivity contribution is -0.125. The quantitative estimate of drug-likeness (QED) is 0.740. The zero-order valence-electron chi connectivity index (χ0n) is 14.8. The summed E-state index contributed by atoms with van der Waals surface area (Å²) >= 11 is 0. The highest BCUT2D eigenvalue weighted by atomic mass is 16.5. The van der Waals surface area contributed by atoms with E-state index in [4.69, 9.17) is 10.3 Å². The lowest BCUT2D eigenvalue weighted by Gasteiger charge is -2.58. The van der Waals surface area contributed by atoms with Gasteiger partial charge in [0.25, 0.3) is 0 Å². The summed E-state index contributed by atoms with van der Waals surface area (Å²) < 4.78 is 5.27. The highest BCUT2D eigenvalue weighted by Crippen LogP contribution is 2.59. The van der Waals surface area contributed by atoms with Crippen molar-refractivity contribution < 1.29 is 14.1 Å². The Kier molecular flexibility index (Phi) is 4.18. The summed E-state index contributed by atoms with van der Waals surface area (Å²) in [5.74, 6) is 1.98. The highest BCUT2D eigenvalue weighted by Gasteiger charge is 2.53. The van der Waals surface area contributed by atoms with Gasteiger partial charge in [-0.15, -0.1) is 0 Å². The van der Waals surface area contributed by atoms with Crippen LogP contribution in [0.5, 0.6) is 0 Å². The first-order valence-corrected chi connectivity index (χ1v) is 9.47. The molecule has 3 aliphatic rings. The van der Waals surface area contributed by atoms with Crippen LogP contribution in [0, 0.1) is 11.3 Å². The van der Waals surface area contributed by atoms with Gasteiger partial charge in [-0.25, -0.2) is 0 Å². The van der Waals surface area contributed by atoms with E-state index in [9.17, 15) is 9.59 Å². The number of nitrogens with zero attached hydrogens (tertiary/aromatic N) is 1. The van der Waals surface area contributed by atoms with Gasteiger partial charge in [0.2, 0.25) is 5.91 Å². The summed E-state index contributed by atoms with van der Waals surface area (Å²) in [6.07, 6.45) is 7.51. The van der Waals surface area contributed by atoms with E-state index >= 15 is 0 Å². The number of hydrogen-bond acceptors (Lipinski definition) is 5. The predicted octanol–water partition coefficient (Wildman–Crippen LogP) is 2.54. The molecule has 3 saturated carbocycles.